The number of hydrogen-bond acceptors (Lipinski definition) is 4. The molecule has 1 unspecified atom stereocenters. The molecule has 0 amide bonds. The van der Waals surface area contributed by atoms with Gasteiger partial charge in [-0.05, 0) is 17.7 Å². The van der Waals surface area contributed by atoms with Crippen molar-refractivity contribution in [1.29, 1.82) is 0 Å². The largest absolute Gasteiger partial charge is 0.451 e. The molecule has 0 bridgehead atoms. The van der Waals surface area contributed by atoms with E-state index < -0.39 is 23.0 Å². The third-order valence-electron chi connectivity index (χ3n) is 1.76. The van der Waals surface area contributed by atoms with Crippen molar-refractivity contribution >= 4 is 34.7 Å². The van der Waals surface area contributed by atoms with Gasteiger partial charge in [-0.15, -0.1) is 23.1 Å². The molecule has 0 N–H and O–H groups in total. The van der Waals surface area contributed by atoms with Crippen molar-refractivity contribution in [2.45, 2.75) is 11.4 Å². The number of hydrogen-bond donors (Lipinski definition) is 0. The van der Waals surface area contributed by atoms with Crippen molar-refractivity contribution in [3.05, 3.63) is 22.4 Å². The number of rotatable bonds is 4. The van der Waals surface area contributed by atoms with Crippen LogP contribution < -0.4 is 0 Å². The molecule has 16 heavy (non-hydrogen) atoms. The van der Waals surface area contributed by atoms with Crippen LogP contribution in [0.15, 0.2) is 17.5 Å². The van der Waals surface area contributed by atoms with E-state index in [0.29, 0.717) is 11.8 Å². The van der Waals surface area contributed by atoms with Crippen molar-refractivity contribution in [2.75, 3.05) is 6.26 Å². The Bertz CT molecular complexity index is 384. The monoisotopic (exact) mass is 268 g/mol. The molecule has 7 heteroatoms. The summed E-state index contributed by atoms with van der Waals surface area (Å²) in [5.41, 5.74) is 0. The fraction of sp³-hybridized carbons (Fsp3) is 0.333. The third kappa shape index (κ3) is 2.85. The molecule has 2 nitrogen and oxygen atoms in total. The van der Waals surface area contributed by atoms with Crippen molar-refractivity contribution in [1.82, 2.24) is 0 Å². The van der Waals surface area contributed by atoms with Gasteiger partial charge in [-0.2, -0.15) is 13.2 Å². The standard InChI is InChI=1S/C9H7F3O2S2/c1-15-7(8(14)9(10,11)12)6(13)5-3-2-4-16-5/h2-4,7H,1H3. The first-order chi connectivity index (χ1) is 7.38. The number of thioether (sulfide) groups is 1. The van der Waals surface area contributed by atoms with Crippen LogP contribution in [0.4, 0.5) is 13.2 Å². The highest BCUT2D eigenvalue weighted by molar-refractivity contribution is 8.00. The minimum absolute atomic E-state index is 0.164. The Morgan fingerprint density at radius 3 is 2.44 bits per heavy atom. The second-order valence-corrected chi connectivity index (χ2v) is 4.71. The van der Waals surface area contributed by atoms with Gasteiger partial charge >= 0.3 is 6.18 Å². The summed E-state index contributed by atoms with van der Waals surface area (Å²) in [5, 5.41) is -0.124. The maximum atomic E-state index is 12.2. The minimum Gasteiger partial charge on any atom is -0.291 e. The first-order valence-corrected chi connectivity index (χ1v) is 6.26. The van der Waals surface area contributed by atoms with Gasteiger partial charge in [-0.1, -0.05) is 6.07 Å². The van der Waals surface area contributed by atoms with Gasteiger partial charge in [-0.3, -0.25) is 9.59 Å². The normalized spacial score (nSPS) is 13.5. The zero-order chi connectivity index (χ0) is 12.3. The smallest absolute Gasteiger partial charge is 0.291 e. The van der Waals surface area contributed by atoms with Crippen LogP contribution in [-0.4, -0.2) is 29.2 Å². The molecule has 0 aliphatic carbocycles. The average Bonchev–Trinajstić information content (AvgIpc) is 2.69. The topological polar surface area (TPSA) is 34.1 Å². The Morgan fingerprint density at radius 1 is 1.44 bits per heavy atom. The predicted molar refractivity (Wildman–Crippen MR) is 57.0 cm³/mol. The third-order valence-corrected chi connectivity index (χ3v) is 3.54. The Kier molecular flexibility index (Phi) is 4.15. The average molecular weight is 268 g/mol. The van der Waals surface area contributed by atoms with Gasteiger partial charge in [0.2, 0.25) is 0 Å². The summed E-state index contributed by atoms with van der Waals surface area (Å²) in [6.45, 7) is 0. The minimum atomic E-state index is -4.97. The van der Waals surface area contributed by atoms with Crippen LogP contribution in [0.5, 0.6) is 0 Å². The Morgan fingerprint density at radius 2 is 2.06 bits per heavy atom. The molecule has 1 aromatic rings. The van der Waals surface area contributed by atoms with Gasteiger partial charge in [0.25, 0.3) is 5.78 Å². The predicted octanol–water partition coefficient (Wildman–Crippen LogP) is 2.79. The highest BCUT2D eigenvalue weighted by Crippen LogP contribution is 2.26. The maximum absolute atomic E-state index is 12.2. The molecule has 0 aliphatic heterocycles. The summed E-state index contributed by atoms with van der Waals surface area (Å²) >= 11 is 1.62. The maximum Gasteiger partial charge on any atom is 0.451 e. The molecule has 1 atom stereocenters. The summed E-state index contributed by atoms with van der Waals surface area (Å²) < 4.78 is 36.5. The lowest BCUT2D eigenvalue weighted by atomic mass is 10.1. The summed E-state index contributed by atoms with van der Waals surface area (Å²) in [7, 11) is 0. The van der Waals surface area contributed by atoms with E-state index in [0.717, 1.165) is 11.3 Å². The lowest BCUT2D eigenvalue weighted by molar-refractivity contribution is -0.169. The van der Waals surface area contributed by atoms with Crippen molar-refractivity contribution < 1.29 is 22.8 Å². The van der Waals surface area contributed by atoms with Gasteiger partial charge < -0.3 is 0 Å². The summed E-state index contributed by atoms with van der Waals surface area (Å²) in [4.78, 5) is 22.7. The van der Waals surface area contributed by atoms with Gasteiger partial charge in [0, 0.05) is 0 Å². The van der Waals surface area contributed by atoms with Crippen LogP contribution in [-0.2, 0) is 4.79 Å². The lowest BCUT2D eigenvalue weighted by Gasteiger charge is -2.12. The molecule has 1 heterocycles. The molecule has 1 aromatic heterocycles. The molecular formula is C9H7F3O2S2. The quantitative estimate of drug-likeness (QED) is 0.622. The van der Waals surface area contributed by atoms with E-state index in [4.69, 9.17) is 0 Å². The summed E-state index contributed by atoms with van der Waals surface area (Å²) in [6, 6.07) is 2.95. The van der Waals surface area contributed by atoms with E-state index in [-0.39, 0.29) is 4.88 Å². The molecule has 0 aromatic carbocycles. The number of Topliss-reactive ketones (excluding diaryl/α,β-unsaturated/α-hetero) is 2. The van der Waals surface area contributed by atoms with Crippen LogP contribution in [0.25, 0.3) is 0 Å². The summed E-state index contributed by atoms with van der Waals surface area (Å²) in [5.74, 6) is -2.79. The first kappa shape index (κ1) is 13.2. The van der Waals surface area contributed by atoms with Gasteiger partial charge in [0.1, 0.15) is 5.25 Å². The molecule has 0 radical (unpaired) electrons. The highest BCUT2D eigenvalue weighted by atomic mass is 32.2. The second-order valence-electron chi connectivity index (χ2n) is 2.82. The molecular weight excluding hydrogens is 261 g/mol. The van der Waals surface area contributed by atoms with Gasteiger partial charge in [-0.25, -0.2) is 0 Å². The molecule has 0 aliphatic rings. The number of halogens is 3. The molecule has 0 saturated carbocycles. The SMILES string of the molecule is CSC(C(=O)c1cccs1)C(=O)C(F)(F)F. The number of carbonyl (C=O) groups is 2. The van der Waals surface area contributed by atoms with Crippen molar-refractivity contribution in [2.24, 2.45) is 0 Å². The first-order valence-electron chi connectivity index (χ1n) is 4.09. The van der Waals surface area contributed by atoms with Gasteiger partial charge in [0.05, 0.1) is 4.88 Å². The summed E-state index contributed by atoms with van der Waals surface area (Å²) in [6.07, 6.45) is -3.67. The van der Waals surface area contributed by atoms with E-state index in [9.17, 15) is 22.8 Å². The Hall–Kier alpha value is -0.820. The van der Waals surface area contributed by atoms with Crippen LogP contribution in [0.2, 0.25) is 0 Å². The molecule has 0 fully saturated rings. The van der Waals surface area contributed by atoms with E-state index in [1.54, 1.807) is 11.4 Å². The van der Waals surface area contributed by atoms with E-state index in [2.05, 4.69) is 0 Å². The number of alkyl halides is 3. The second kappa shape index (κ2) is 5.01. The van der Waals surface area contributed by atoms with Crippen LogP contribution in [0.1, 0.15) is 9.67 Å². The molecule has 0 saturated heterocycles. The Balaban J connectivity index is 2.92. The molecule has 0 spiro atoms. The fourth-order valence-electron chi connectivity index (χ4n) is 1.03. The van der Waals surface area contributed by atoms with E-state index >= 15 is 0 Å². The number of carbonyl (C=O) groups excluding carboxylic acids is 2. The van der Waals surface area contributed by atoms with Crippen LogP contribution in [0.3, 0.4) is 0 Å². The van der Waals surface area contributed by atoms with Gasteiger partial charge in [0.15, 0.2) is 5.78 Å². The van der Waals surface area contributed by atoms with E-state index in [1.165, 1.54) is 12.3 Å². The lowest BCUT2D eigenvalue weighted by Crippen LogP contribution is -2.37. The van der Waals surface area contributed by atoms with Crippen LogP contribution in [0, 0.1) is 0 Å². The Labute approximate surface area is 97.8 Å². The van der Waals surface area contributed by atoms with Crippen LogP contribution >= 0.6 is 23.1 Å². The molecule has 1 rings (SSSR count). The molecule has 88 valence electrons. The van der Waals surface area contributed by atoms with E-state index in [1.807, 2.05) is 0 Å². The zero-order valence-electron chi connectivity index (χ0n) is 8.08. The number of ketones is 2. The zero-order valence-corrected chi connectivity index (χ0v) is 9.71. The number of thiophene rings is 1. The van der Waals surface area contributed by atoms with Crippen molar-refractivity contribution in [3.8, 4) is 0 Å². The van der Waals surface area contributed by atoms with Crippen molar-refractivity contribution in [3.63, 3.8) is 0 Å². The fourth-order valence-corrected chi connectivity index (χ4v) is 2.49. The highest BCUT2D eigenvalue weighted by Gasteiger charge is 2.46.